The highest BCUT2D eigenvalue weighted by atomic mass is 35.5. The van der Waals surface area contributed by atoms with Gasteiger partial charge in [-0.25, -0.2) is 0 Å². The van der Waals surface area contributed by atoms with Crippen molar-refractivity contribution in [3.63, 3.8) is 0 Å². The Morgan fingerprint density at radius 2 is 2.00 bits per heavy atom. The normalized spacial score (nSPS) is 33.0. The molecule has 1 aliphatic carbocycles. The summed E-state index contributed by atoms with van der Waals surface area (Å²) in [4.78, 5) is 6.40. The summed E-state index contributed by atoms with van der Waals surface area (Å²) in [5.74, 6) is 1.83. The van der Waals surface area contributed by atoms with E-state index in [2.05, 4.69) is 64.8 Å². The zero-order chi connectivity index (χ0) is 17.6. The van der Waals surface area contributed by atoms with Crippen molar-refractivity contribution in [3.8, 4) is 0 Å². The van der Waals surface area contributed by atoms with Gasteiger partial charge in [0, 0.05) is 23.0 Å². The summed E-state index contributed by atoms with van der Waals surface area (Å²) in [6, 6.07) is 7.45. The number of hydrogen-bond acceptors (Lipinski definition) is 2. The van der Waals surface area contributed by atoms with Crippen molar-refractivity contribution in [3.05, 3.63) is 34.3 Å². The monoisotopic (exact) mass is 349 g/mol. The molecule has 24 heavy (non-hydrogen) atoms. The zero-order valence-electron chi connectivity index (χ0n) is 16.0. The van der Waals surface area contributed by atoms with E-state index in [0.29, 0.717) is 29.8 Å². The Balaban J connectivity index is 1.92. The molecule has 0 bridgehead atoms. The summed E-state index contributed by atoms with van der Waals surface area (Å²) < 4.78 is 0. The largest absolute Gasteiger partial charge is 0.292 e. The highest BCUT2D eigenvalue weighted by Gasteiger charge is 2.54. The Hall–Kier alpha value is -0.570. The first kappa shape index (κ1) is 18.2. The molecule has 2 aliphatic rings. The lowest BCUT2D eigenvalue weighted by atomic mass is 9.65. The Bertz CT molecular complexity index is 598. The lowest BCUT2D eigenvalue weighted by Crippen LogP contribution is -2.45. The van der Waals surface area contributed by atoms with Crippen molar-refractivity contribution in [2.45, 2.75) is 84.4 Å². The molecule has 1 aliphatic heterocycles. The van der Waals surface area contributed by atoms with Gasteiger partial charge in [0.05, 0.1) is 5.60 Å². The topological polar surface area (TPSA) is 12.5 Å². The summed E-state index contributed by atoms with van der Waals surface area (Å²) >= 11 is 6.22. The fourth-order valence-electron chi connectivity index (χ4n) is 5.03. The van der Waals surface area contributed by atoms with E-state index in [1.54, 1.807) is 0 Å². The Kier molecular flexibility index (Phi) is 5.03. The minimum Gasteiger partial charge on any atom is -0.292 e. The molecule has 0 N–H and O–H groups in total. The number of halogens is 1. The van der Waals surface area contributed by atoms with Crippen LogP contribution >= 0.6 is 11.6 Å². The van der Waals surface area contributed by atoms with Gasteiger partial charge in [-0.1, -0.05) is 31.5 Å². The van der Waals surface area contributed by atoms with Crippen LogP contribution in [0.25, 0.3) is 0 Å². The van der Waals surface area contributed by atoms with Crippen molar-refractivity contribution in [1.29, 1.82) is 0 Å². The molecule has 1 aromatic carbocycles. The molecule has 2 fully saturated rings. The summed E-state index contributed by atoms with van der Waals surface area (Å²) in [5, 5.41) is 3.14. The van der Waals surface area contributed by atoms with E-state index in [1.807, 2.05) is 0 Å². The summed E-state index contributed by atoms with van der Waals surface area (Å²) in [6.45, 7) is 13.7. The molecule has 1 heterocycles. The highest BCUT2D eigenvalue weighted by Crippen LogP contribution is 2.52. The maximum absolute atomic E-state index is 6.40. The summed E-state index contributed by atoms with van der Waals surface area (Å²) in [5.41, 5.74) is 2.84. The molecule has 2 nitrogen and oxygen atoms in total. The number of rotatable bonds is 3. The van der Waals surface area contributed by atoms with Gasteiger partial charge in [0.1, 0.15) is 0 Å². The van der Waals surface area contributed by atoms with Gasteiger partial charge < -0.3 is 0 Å². The second-order valence-electron chi connectivity index (χ2n) is 8.59. The van der Waals surface area contributed by atoms with E-state index in [1.165, 1.54) is 24.0 Å². The number of hydrogen-bond donors (Lipinski definition) is 0. The predicted molar refractivity (Wildman–Crippen MR) is 101 cm³/mol. The second kappa shape index (κ2) is 6.63. The number of aryl methyl sites for hydroxylation is 1. The quantitative estimate of drug-likeness (QED) is 0.680. The standard InChI is InChI=1S/C21H32ClNO/c1-7-15-11-17(22)8-9-18(15)16-10-14(4)20-19(12-16)21(5,6)24-23(20)13(2)3/h8-9,11,13-14,16,19-20H,7,10,12H2,1-6H3. The average Bonchev–Trinajstić information content (AvgIpc) is 2.79. The maximum Gasteiger partial charge on any atom is 0.0888 e. The molecule has 134 valence electrons. The smallest absolute Gasteiger partial charge is 0.0888 e. The number of nitrogens with zero attached hydrogens (tertiary/aromatic N) is 1. The molecule has 1 saturated carbocycles. The zero-order valence-corrected chi connectivity index (χ0v) is 16.7. The van der Waals surface area contributed by atoms with Crippen LogP contribution < -0.4 is 0 Å². The second-order valence-corrected chi connectivity index (χ2v) is 9.02. The third kappa shape index (κ3) is 3.13. The first-order chi connectivity index (χ1) is 11.2. The number of fused-ring (bicyclic) bond motifs is 1. The maximum atomic E-state index is 6.40. The molecule has 0 amide bonds. The Morgan fingerprint density at radius 3 is 2.62 bits per heavy atom. The van der Waals surface area contributed by atoms with E-state index in [0.717, 1.165) is 11.4 Å². The van der Waals surface area contributed by atoms with Gasteiger partial charge in [0.2, 0.25) is 0 Å². The van der Waals surface area contributed by atoms with E-state index in [-0.39, 0.29) is 5.60 Å². The fraction of sp³-hybridized carbons (Fsp3) is 0.714. The van der Waals surface area contributed by atoms with Gasteiger partial charge in [-0.05, 0) is 82.1 Å². The van der Waals surface area contributed by atoms with Gasteiger partial charge >= 0.3 is 0 Å². The molecule has 1 aromatic rings. The third-order valence-corrected chi connectivity index (χ3v) is 6.39. The summed E-state index contributed by atoms with van der Waals surface area (Å²) in [6.07, 6.45) is 3.49. The van der Waals surface area contributed by atoms with Crippen LogP contribution in [0.4, 0.5) is 0 Å². The number of benzene rings is 1. The van der Waals surface area contributed by atoms with Crippen molar-refractivity contribution >= 4 is 11.6 Å². The Morgan fingerprint density at radius 1 is 1.29 bits per heavy atom. The van der Waals surface area contributed by atoms with Crippen LogP contribution in [-0.4, -0.2) is 22.7 Å². The molecule has 4 unspecified atom stereocenters. The van der Waals surface area contributed by atoms with Gasteiger partial charge in [0.25, 0.3) is 0 Å². The number of hydroxylamine groups is 2. The van der Waals surface area contributed by atoms with Crippen LogP contribution in [0, 0.1) is 11.8 Å². The van der Waals surface area contributed by atoms with Crippen molar-refractivity contribution in [2.24, 2.45) is 11.8 Å². The lowest BCUT2D eigenvalue weighted by Gasteiger charge is -2.41. The predicted octanol–water partition coefficient (Wildman–Crippen LogP) is 5.83. The minimum atomic E-state index is -0.0827. The molecule has 3 heteroatoms. The van der Waals surface area contributed by atoms with Gasteiger partial charge in [-0.2, -0.15) is 5.06 Å². The SMILES string of the molecule is CCc1cc(Cl)ccc1C1CC(C)C2C(C1)C(C)(C)ON2C(C)C. The molecular weight excluding hydrogens is 318 g/mol. The van der Waals surface area contributed by atoms with Crippen LogP contribution in [0.5, 0.6) is 0 Å². The molecule has 4 atom stereocenters. The molecule has 0 spiro atoms. The van der Waals surface area contributed by atoms with Gasteiger partial charge in [0.15, 0.2) is 0 Å². The highest BCUT2D eigenvalue weighted by molar-refractivity contribution is 6.30. The Labute approximate surface area is 152 Å². The van der Waals surface area contributed by atoms with Gasteiger partial charge in [-0.15, -0.1) is 0 Å². The minimum absolute atomic E-state index is 0.0827. The third-order valence-electron chi connectivity index (χ3n) is 6.15. The van der Waals surface area contributed by atoms with Crippen LogP contribution in [-0.2, 0) is 11.3 Å². The van der Waals surface area contributed by atoms with E-state index < -0.39 is 0 Å². The van der Waals surface area contributed by atoms with E-state index in [4.69, 9.17) is 16.4 Å². The van der Waals surface area contributed by atoms with Crippen LogP contribution in [0.3, 0.4) is 0 Å². The molecule has 0 radical (unpaired) electrons. The lowest BCUT2D eigenvalue weighted by molar-refractivity contribution is -0.215. The van der Waals surface area contributed by atoms with Gasteiger partial charge in [-0.3, -0.25) is 4.84 Å². The fourth-order valence-corrected chi connectivity index (χ4v) is 5.23. The average molecular weight is 350 g/mol. The van der Waals surface area contributed by atoms with Crippen molar-refractivity contribution in [2.75, 3.05) is 0 Å². The van der Waals surface area contributed by atoms with Crippen molar-refractivity contribution in [1.82, 2.24) is 5.06 Å². The van der Waals surface area contributed by atoms with Crippen LogP contribution in [0.1, 0.15) is 71.4 Å². The van der Waals surface area contributed by atoms with Crippen LogP contribution in [0.2, 0.25) is 5.02 Å². The van der Waals surface area contributed by atoms with Crippen molar-refractivity contribution < 1.29 is 4.84 Å². The first-order valence-corrected chi connectivity index (χ1v) is 9.88. The first-order valence-electron chi connectivity index (χ1n) is 9.50. The summed E-state index contributed by atoms with van der Waals surface area (Å²) in [7, 11) is 0. The van der Waals surface area contributed by atoms with E-state index >= 15 is 0 Å². The van der Waals surface area contributed by atoms with E-state index in [9.17, 15) is 0 Å². The molecular formula is C21H32ClNO. The van der Waals surface area contributed by atoms with Crippen LogP contribution in [0.15, 0.2) is 18.2 Å². The molecule has 3 rings (SSSR count). The molecule has 0 aromatic heterocycles. The molecule has 1 saturated heterocycles.